The molecule has 1 N–H and O–H groups in total. The van der Waals surface area contributed by atoms with Gasteiger partial charge in [-0.15, -0.1) is 11.3 Å². The van der Waals surface area contributed by atoms with Crippen LogP contribution in [0.1, 0.15) is 11.8 Å². The fourth-order valence-corrected chi connectivity index (χ4v) is 2.64. The highest BCUT2D eigenvalue weighted by molar-refractivity contribution is 7.16. The van der Waals surface area contributed by atoms with Crippen molar-refractivity contribution in [3.8, 4) is 0 Å². The Bertz CT molecular complexity index is 477. The Morgan fingerprint density at radius 1 is 1.73 bits per heavy atom. The summed E-state index contributed by atoms with van der Waals surface area (Å²) in [6.45, 7) is 2.37. The van der Waals surface area contributed by atoms with Gasteiger partial charge >= 0.3 is 0 Å². The Balaban J connectivity index is 2.13. The third-order valence-electron chi connectivity index (χ3n) is 2.60. The minimum absolute atomic E-state index is 0.0795. The molecule has 0 spiro atoms. The highest BCUT2D eigenvalue weighted by atomic mass is 32.1. The Kier molecular flexibility index (Phi) is 2.19. The molecule has 1 aliphatic rings. The molecule has 1 atom stereocenters. The number of hydrogen-bond donors (Lipinski definition) is 1. The molecule has 2 aromatic rings. The first-order valence-electron chi connectivity index (χ1n) is 4.96. The predicted octanol–water partition coefficient (Wildman–Crippen LogP) is 0.783. The normalized spacial score (nSPS) is 20.7. The topological polar surface area (TPSA) is 52.0 Å². The number of fused-ring (bicyclic) bond motifs is 3. The number of aromatic nitrogens is 3. The first-order valence-corrected chi connectivity index (χ1v) is 5.84. The van der Waals surface area contributed by atoms with Gasteiger partial charge in [-0.25, -0.2) is 4.98 Å². The van der Waals surface area contributed by atoms with E-state index in [1.807, 2.05) is 17.2 Å². The Hall–Kier alpha value is -0.980. The maximum atomic E-state index is 5.72. The van der Waals surface area contributed by atoms with Crippen molar-refractivity contribution < 1.29 is 4.74 Å². The Morgan fingerprint density at radius 3 is 3.53 bits per heavy atom. The number of nitrogens with zero attached hydrogens (tertiary/aromatic N) is 3. The fourth-order valence-electron chi connectivity index (χ4n) is 1.96. The van der Waals surface area contributed by atoms with E-state index in [0.717, 1.165) is 35.7 Å². The molecule has 5 nitrogen and oxygen atoms in total. The van der Waals surface area contributed by atoms with Gasteiger partial charge in [0.1, 0.15) is 11.6 Å². The summed E-state index contributed by atoms with van der Waals surface area (Å²) in [5.41, 5.74) is 3.95. The summed E-state index contributed by atoms with van der Waals surface area (Å²) in [5.74, 6) is 0. The average Bonchev–Trinajstić information content (AvgIpc) is 2.77. The van der Waals surface area contributed by atoms with E-state index in [-0.39, 0.29) is 6.10 Å². The molecule has 3 heterocycles. The molecule has 0 bridgehead atoms. The van der Waals surface area contributed by atoms with Gasteiger partial charge in [-0.05, 0) is 7.05 Å². The second-order valence-electron chi connectivity index (χ2n) is 3.53. The second kappa shape index (κ2) is 3.55. The number of rotatable bonds is 2. The van der Waals surface area contributed by atoms with Gasteiger partial charge in [0.05, 0.1) is 24.4 Å². The van der Waals surface area contributed by atoms with E-state index in [1.54, 1.807) is 11.3 Å². The lowest BCUT2D eigenvalue weighted by Crippen LogP contribution is -2.28. The molecular formula is C9H12N4OS. The van der Waals surface area contributed by atoms with Crippen LogP contribution in [0.25, 0.3) is 10.3 Å². The first kappa shape index (κ1) is 9.26. The summed E-state index contributed by atoms with van der Waals surface area (Å²) in [7, 11) is 1.93. The average molecular weight is 224 g/mol. The van der Waals surface area contributed by atoms with Crippen LogP contribution >= 0.6 is 11.3 Å². The van der Waals surface area contributed by atoms with Crippen LogP contribution in [0, 0.1) is 0 Å². The molecule has 0 unspecified atom stereocenters. The van der Waals surface area contributed by atoms with Gasteiger partial charge in [0.2, 0.25) is 0 Å². The van der Waals surface area contributed by atoms with Gasteiger partial charge in [0.15, 0.2) is 4.83 Å². The van der Waals surface area contributed by atoms with Crippen molar-refractivity contribution in [2.24, 2.45) is 0 Å². The van der Waals surface area contributed by atoms with Crippen LogP contribution in [-0.2, 0) is 11.3 Å². The Labute approximate surface area is 91.1 Å². The van der Waals surface area contributed by atoms with Crippen molar-refractivity contribution in [2.75, 3.05) is 20.2 Å². The minimum Gasteiger partial charge on any atom is -0.369 e. The van der Waals surface area contributed by atoms with Gasteiger partial charge in [-0.1, -0.05) is 0 Å². The van der Waals surface area contributed by atoms with Crippen molar-refractivity contribution in [3.63, 3.8) is 0 Å². The highest BCUT2D eigenvalue weighted by Gasteiger charge is 2.26. The predicted molar refractivity (Wildman–Crippen MR) is 58.0 cm³/mol. The molecule has 3 rings (SSSR count). The summed E-state index contributed by atoms with van der Waals surface area (Å²) < 4.78 is 7.75. The smallest absolute Gasteiger partial charge is 0.165 e. The van der Waals surface area contributed by atoms with E-state index < -0.39 is 0 Å². The zero-order valence-electron chi connectivity index (χ0n) is 8.43. The van der Waals surface area contributed by atoms with Crippen molar-refractivity contribution in [2.45, 2.75) is 12.6 Å². The molecule has 6 heteroatoms. The summed E-state index contributed by atoms with van der Waals surface area (Å²) in [6, 6.07) is 0. The van der Waals surface area contributed by atoms with Crippen LogP contribution < -0.4 is 5.32 Å². The van der Waals surface area contributed by atoms with E-state index >= 15 is 0 Å². The summed E-state index contributed by atoms with van der Waals surface area (Å²) in [6.07, 6.45) is 0.0795. The zero-order valence-corrected chi connectivity index (χ0v) is 9.25. The van der Waals surface area contributed by atoms with E-state index in [0.29, 0.717) is 0 Å². The van der Waals surface area contributed by atoms with Crippen molar-refractivity contribution >= 4 is 21.7 Å². The standard InChI is InChI=1S/C9H12N4OS/c1-10-4-6-8-7-9(15-5-11-7)12-13(8)2-3-14-6/h5-6,10H,2-4H2,1H3/t6-/m1/s1. The summed E-state index contributed by atoms with van der Waals surface area (Å²) >= 11 is 1.58. The summed E-state index contributed by atoms with van der Waals surface area (Å²) in [5, 5.41) is 7.65. The molecule has 0 saturated carbocycles. The van der Waals surface area contributed by atoms with Crippen LogP contribution in [-0.4, -0.2) is 35.0 Å². The molecule has 2 aromatic heterocycles. The van der Waals surface area contributed by atoms with Gasteiger partial charge in [0.25, 0.3) is 0 Å². The van der Waals surface area contributed by atoms with Crippen LogP contribution in [0.4, 0.5) is 0 Å². The van der Waals surface area contributed by atoms with E-state index in [4.69, 9.17) is 4.74 Å². The van der Waals surface area contributed by atoms with Crippen molar-refractivity contribution in [1.82, 2.24) is 20.1 Å². The number of ether oxygens (including phenoxy) is 1. The lowest BCUT2D eigenvalue weighted by atomic mass is 10.2. The zero-order chi connectivity index (χ0) is 10.3. The molecule has 0 saturated heterocycles. The number of likely N-dealkylation sites (N-methyl/N-ethyl adjacent to an activating group) is 1. The van der Waals surface area contributed by atoms with E-state index in [9.17, 15) is 0 Å². The van der Waals surface area contributed by atoms with Gasteiger partial charge in [-0.3, -0.25) is 4.68 Å². The van der Waals surface area contributed by atoms with Crippen molar-refractivity contribution in [1.29, 1.82) is 0 Å². The maximum Gasteiger partial charge on any atom is 0.165 e. The van der Waals surface area contributed by atoms with Crippen LogP contribution in [0.3, 0.4) is 0 Å². The van der Waals surface area contributed by atoms with Gasteiger partial charge in [-0.2, -0.15) is 5.10 Å². The van der Waals surface area contributed by atoms with E-state index in [2.05, 4.69) is 15.4 Å². The van der Waals surface area contributed by atoms with Gasteiger partial charge in [0, 0.05) is 6.54 Å². The second-order valence-corrected chi connectivity index (χ2v) is 4.36. The number of hydrogen-bond acceptors (Lipinski definition) is 5. The van der Waals surface area contributed by atoms with Crippen LogP contribution in [0.5, 0.6) is 0 Å². The molecule has 80 valence electrons. The third-order valence-corrected chi connectivity index (χ3v) is 3.31. The molecule has 0 radical (unpaired) electrons. The molecule has 0 aliphatic carbocycles. The summed E-state index contributed by atoms with van der Waals surface area (Å²) in [4.78, 5) is 5.36. The van der Waals surface area contributed by atoms with Crippen molar-refractivity contribution in [3.05, 3.63) is 11.2 Å². The first-order chi connectivity index (χ1) is 7.40. The highest BCUT2D eigenvalue weighted by Crippen LogP contribution is 2.29. The lowest BCUT2D eigenvalue weighted by molar-refractivity contribution is 0.0194. The lowest BCUT2D eigenvalue weighted by Gasteiger charge is -2.23. The molecule has 15 heavy (non-hydrogen) atoms. The number of nitrogens with one attached hydrogen (secondary N) is 1. The van der Waals surface area contributed by atoms with E-state index in [1.165, 1.54) is 0 Å². The minimum atomic E-state index is 0.0795. The molecular weight excluding hydrogens is 212 g/mol. The van der Waals surface area contributed by atoms with Crippen LogP contribution in [0.2, 0.25) is 0 Å². The molecule has 1 aliphatic heterocycles. The molecule has 0 amide bonds. The Morgan fingerprint density at radius 2 is 2.67 bits per heavy atom. The quantitative estimate of drug-likeness (QED) is 0.819. The molecule has 0 fully saturated rings. The SMILES string of the molecule is CNC[C@H]1OCCn2nc3scnc3c21. The molecule has 0 aromatic carbocycles. The monoisotopic (exact) mass is 224 g/mol. The fraction of sp³-hybridized carbons (Fsp3) is 0.556. The third kappa shape index (κ3) is 1.37. The maximum absolute atomic E-state index is 5.72. The number of thiazole rings is 1. The van der Waals surface area contributed by atoms with Crippen LogP contribution in [0.15, 0.2) is 5.51 Å². The van der Waals surface area contributed by atoms with Gasteiger partial charge < -0.3 is 10.1 Å². The largest absolute Gasteiger partial charge is 0.369 e.